The number of aryl methyl sites for hydroxylation is 1. The fraction of sp³-hybridized carbons (Fsp3) is 0.0952. The van der Waals surface area contributed by atoms with Crippen molar-refractivity contribution >= 4 is 28.6 Å². The predicted octanol–water partition coefficient (Wildman–Crippen LogP) is 5.50. The molecule has 22 heavy (non-hydrogen) atoms. The van der Waals surface area contributed by atoms with E-state index >= 15 is 0 Å². The zero-order chi connectivity index (χ0) is 14.9. The number of para-hydroxylation sites is 1. The summed E-state index contributed by atoms with van der Waals surface area (Å²) < 4.78 is 0. The quantitative estimate of drug-likeness (QED) is 0.574. The van der Waals surface area contributed by atoms with Crippen LogP contribution in [-0.2, 0) is 0 Å². The Labute approximate surface area is 130 Å². The average Bonchev–Trinajstić information content (AvgIpc) is 2.56. The summed E-state index contributed by atoms with van der Waals surface area (Å²) in [5, 5.41) is 1.25. The van der Waals surface area contributed by atoms with Crippen LogP contribution in [0.1, 0.15) is 28.8 Å². The Bertz CT molecular complexity index is 902. The zero-order valence-electron chi connectivity index (χ0n) is 12.6. The zero-order valence-corrected chi connectivity index (χ0v) is 12.6. The van der Waals surface area contributed by atoms with Gasteiger partial charge >= 0.3 is 0 Å². The van der Waals surface area contributed by atoms with Crippen molar-refractivity contribution in [3.8, 4) is 0 Å². The minimum atomic E-state index is 0.961. The van der Waals surface area contributed by atoms with Crippen LogP contribution >= 0.6 is 0 Å². The van der Waals surface area contributed by atoms with E-state index in [2.05, 4.69) is 79.7 Å². The van der Waals surface area contributed by atoms with E-state index in [1.54, 1.807) is 0 Å². The molecule has 1 heteroatoms. The second kappa shape index (κ2) is 5.27. The second-order valence-corrected chi connectivity index (χ2v) is 5.70. The molecule has 0 saturated carbocycles. The maximum Gasteiger partial charge on any atom is 0.0712 e. The first-order chi connectivity index (χ1) is 10.8. The van der Waals surface area contributed by atoms with Gasteiger partial charge in [-0.25, -0.2) is 4.98 Å². The van der Waals surface area contributed by atoms with Gasteiger partial charge in [0.15, 0.2) is 0 Å². The molecule has 0 atom stereocenters. The van der Waals surface area contributed by atoms with Crippen molar-refractivity contribution in [2.24, 2.45) is 0 Å². The van der Waals surface area contributed by atoms with Gasteiger partial charge in [0.05, 0.1) is 11.2 Å². The Morgan fingerprint density at radius 2 is 1.73 bits per heavy atom. The van der Waals surface area contributed by atoms with E-state index in [0.717, 1.165) is 17.6 Å². The largest absolute Gasteiger partial charge is 0.248 e. The highest BCUT2D eigenvalue weighted by Gasteiger charge is 2.16. The number of hydrogen-bond donors (Lipinski definition) is 0. The lowest BCUT2D eigenvalue weighted by molar-refractivity contribution is 1.25. The van der Waals surface area contributed by atoms with Gasteiger partial charge in [0, 0.05) is 10.9 Å². The van der Waals surface area contributed by atoms with Gasteiger partial charge < -0.3 is 0 Å². The molecule has 2 aromatic carbocycles. The molecule has 1 nitrogen and oxygen atoms in total. The molecule has 0 fully saturated rings. The molecule has 1 aliphatic carbocycles. The van der Waals surface area contributed by atoms with Crippen molar-refractivity contribution in [2.45, 2.75) is 13.3 Å². The molecule has 0 amide bonds. The van der Waals surface area contributed by atoms with Crippen molar-refractivity contribution in [3.05, 3.63) is 83.1 Å². The monoisotopic (exact) mass is 283 g/mol. The van der Waals surface area contributed by atoms with E-state index < -0.39 is 0 Å². The third kappa shape index (κ3) is 2.15. The van der Waals surface area contributed by atoms with Crippen LogP contribution in [0.25, 0.3) is 28.6 Å². The van der Waals surface area contributed by atoms with E-state index in [4.69, 9.17) is 4.98 Å². The highest BCUT2D eigenvalue weighted by Crippen LogP contribution is 2.35. The van der Waals surface area contributed by atoms with Gasteiger partial charge in [-0.3, -0.25) is 0 Å². The fourth-order valence-corrected chi connectivity index (χ4v) is 3.21. The van der Waals surface area contributed by atoms with Gasteiger partial charge in [-0.1, -0.05) is 60.7 Å². The first-order valence-corrected chi connectivity index (χ1v) is 7.65. The Morgan fingerprint density at radius 3 is 2.59 bits per heavy atom. The van der Waals surface area contributed by atoms with Gasteiger partial charge in [0.2, 0.25) is 0 Å². The van der Waals surface area contributed by atoms with Gasteiger partial charge in [-0.05, 0) is 42.2 Å². The van der Waals surface area contributed by atoms with E-state index in [1.807, 2.05) is 0 Å². The summed E-state index contributed by atoms with van der Waals surface area (Å²) in [6, 6.07) is 18.9. The van der Waals surface area contributed by atoms with Gasteiger partial charge in [0.25, 0.3) is 0 Å². The third-order valence-electron chi connectivity index (χ3n) is 4.26. The summed E-state index contributed by atoms with van der Waals surface area (Å²) in [7, 11) is 0. The molecule has 0 saturated heterocycles. The molecule has 0 spiro atoms. The fourth-order valence-electron chi connectivity index (χ4n) is 3.21. The summed E-state index contributed by atoms with van der Waals surface area (Å²) in [5.41, 5.74) is 7.37. The standard InChI is InChI=1S/C21H17N/c1-15-18-11-5-6-12-19(18)22-20-13-7-10-17(21(15)20)14-16-8-3-2-4-9-16/h2-9,11-14H,10H2,1H3. The van der Waals surface area contributed by atoms with Crippen molar-refractivity contribution in [1.82, 2.24) is 4.98 Å². The summed E-state index contributed by atoms with van der Waals surface area (Å²) in [5.74, 6) is 0. The van der Waals surface area contributed by atoms with E-state index in [1.165, 1.54) is 27.6 Å². The lowest BCUT2D eigenvalue weighted by Crippen LogP contribution is -2.01. The van der Waals surface area contributed by atoms with Crippen LogP contribution in [0.2, 0.25) is 0 Å². The second-order valence-electron chi connectivity index (χ2n) is 5.70. The van der Waals surface area contributed by atoms with Gasteiger partial charge in [0.1, 0.15) is 0 Å². The number of nitrogens with zero attached hydrogens (tertiary/aromatic N) is 1. The van der Waals surface area contributed by atoms with Crippen LogP contribution < -0.4 is 0 Å². The molecule has 0 unspecified atom stereocenters. The summed E-state index contributed by atoms with van der Waals surface area (Å²) in [6.07, 6.45) is 7.60. The van der Waals surface area contributed by atoms with Crippen LogP contribution in [0, 0.1) is 6.92 Å². The molecule has 4 rings (SSSR count). The lowest BCUT2D eigenvalue weighted by atomic mass is 9.89. The molecule has 3 aromatic rings. The van der Waals surface area contributed by atoms with Gasteiger partial charge in [-0.2, -0.15) is 0 Å². The normalized spacial score (nSPS) is 15.2. The lowest BCUT2D eigenvalue weighted by Gasteiger charge is -2.18. The Hall–Kier alpha value is -2.67. The number of pyridine rings is 1. The molecular weight excluding hydrogens is 266 g/mol. The van der Waals surface area contributed by atoms with Crippen LogP contribution in [0.5, 0.6) is 0 Å². The smallest absolute Gasteiger partial charge is 0.0712 e. The highest BCUT2D eigenvalue weighted by molar-refractivity contribution is 5.95. The molecule has 106 valence electrons. The number of aromatic nitrogens is 1. The molecule has 0 N–H and O–H groups in total. The molecule has 0 bridgehead atoms. The Morgan fingerprint density at radius 1 is 0.955 bits per heavy atom. The van der Waals surface area contributed by atoms with Crippen LogP contribution in [0.15, 0.2) is 60.7 Å². The SMILES string of the molecule is Cc1c2c(nc3ccccc13)C=CCC2=Cc1ccccc1. The Kier molecular flexibility index (Phi) is 3.12. The number of benzene rings is 2. The minimum absolute atomic E-state index is 0.961. The van der Waals surface area contributed by atoms with Crippen LogP contribution in [0.3, 0.4) is 0 Å². The number of hydrogen-bond acceptors (Lipinski definition) is 1. The van der Waals surface area contributed by atoms with Crippen molar-refractivity contribution in [1.29, 1.82) is 0 Å². The van der Waals surface area contributed by atoms with Crippen molar-refractivity contribution in [3.63, 3.8) is 0 Å². The van der Waals surface area contributed by atoms with Gasteiger partial charge in [-0.15, -0.1) is 0 Å². The van der Waals surface area contributed by atoms with Crippen molar-refractivity contribution in [2.75, 3.05) is 0 Å². The first-order valence-electron chi connectivity index (χ1n) is 7.65. The van der Waals surface area contributed by atoms with E-state index in [-0.39, 0.29) is 0 Å². The topological polar surface area (TPSA) is 12.9 Å². The average molecular weight is 283 g/mol. The Balaban J connectivity index is 1.96. The third-order valence-corrected chi connectivity index (χ3v) is 4.26. The molecular formula is C21H17N. The summed E-state index contributed by atoms with van der Waals surface area (Å²) in [6.45, 7) is 2.21. The van der Waals surface area contributed by atoms with Crippen LogP contribution in [0.4, 0.5) is 0 Å². The molecule has 0 aliphatic heterocycles. The predicted molar refractivity (Wildman–Crippen MR) is 94.4 cm³/mol. The van der Waals surface area contributed by atoms with Crippen LogP contribution in [-0.4, -0.2) is 4.98 Å². The molecule has 1 aliphatic rings. The maximum absolute atomic E-state index is 4.84. The summed E-state index contributed by atoms with van der Waals surface area (Å²) >= 11 is 0. The molecule has 1 heterocycles. The minimum Gasteiger partial charge on any atom is -0.248 e. The maximum atomic E-state index is 4.84. The van der Waals surface area contributed by atoms with E-state index in [9.17, 15) is 0 Å². The first kappa shape index (κ1) is 13.0. The van der Waals surface area contributed by atoms with Crippen molar-refractivity contribution < 1.29 is 0 Å². The van der Waals surface area contributed by atoms with E-state index in [0.29, 0.717) is 0 Å². The number of rotatable bonds is 1. The molecule has 1 aromatic heterocycles. The number of allylic oxidation sites excluding steroid dienone is 2. The highest BCUT2D eigenvalue weighted by atomic mass is 14.7. The number of fused-ring (bicyclic) bond motifs is 2. The molecule has 0 radical (unpaired) electrons. The summed E-state index contributed by atoms with van der Waals surface area (Å²) in [4.78, 5) is 4.84.